The molecule has 1 heterocycles. The van der Waals surface area contributed by atoms with Crippen molar-refractivity contribution in [3.63, 3.8) is 0 Å². The Bertz CT molecular complexity index is 978. The van der Waals surface area contributed by atoms with Crippen LogP contribution in [0.4, 0.5) is 10.8 Å². The van der Waals surface area contributed by atoms with Crippen LogP contribution in [0.25, 0.3) is 17.3 Å². The maximum absolute atomic E-state index is 12.0. The van der Waals surface area contributed by atoms with Gasteiger partial charge in [-0.2, -0.15) is 0 Å². The maximum Gasteiger partial charge on any atom is 0.270 e. The number of anilines is 1. The van der Waals surface area contributed by atoms with Crippen molar-refractivity contribution >= 4 is 34.1 Å². The van der Waals surface area contributed by atoms with E-state index in [0.29, 0.717) is 10.7 Å². The van der Waals surface area contributed by atoms with Gasteiger partial charge in [-0.05, 0) is 18.6 Å². The molecule has 0 aliphatic rings. The standard InChI is InChI=1S/C19H15N3O3S/c1-13-5-8-15(9-6-13)17-12-26-19(20-17)21-18(23)10-7-14-3-2-4-16(11-14)22(24)25/h2-12H,1H3,(H,20,21,23)/b10-7+. The predicted molar refractivity (Wildman–Crippen MR) is 103 cm³/mol. The highest BCUT2D eigenvalue weighted by Gasteiger charge is 2.07. The number of amides is 1. The number of carbonyl (C=O) groups is 1. The molecule has 26 heavy (non-hydrogen) atoms. The summed E-state index contributed by atoms with van der Waals surface area (Å²) in [6, 6.07) is 14.1. The van der Waals surface area contributed by atoms with Crippen LogP contribution in [-0.4, -0.2) is 15.8 Å². The average molecular weight is 365 g/mol. The zero-order valence-electron chi connectivity index (χ0n) is 13.9. The van der Waals surface area contributed by atoms with E-state index < -0.39 is 4.92 Å². The largest absolute Gasteiger partial charge is 0.298 e. The lowest BCUT2D eigenvalue weighted by atomic mass is 10.1. The molecule has 6 nitrogen and oxygen atoms in total. The van der Waals surface area contributed by atoms with Crippen LogP contribution >= 0.6 is 11.3 Å². The van der Waals surface area contributed by atoms with E-state index in [1.54, 1.807) is 12.1 Å². The molecule has 0 fully saturated rings. The van der Waals surface area contributed by atoms with E-state index >= 15 is 0 Å². The van der Waals surface area contributed by atoms with Crippen LogP contribution < -0.4 is 5.32 Å². The number of benzene rings is 2. The van der Waals surface area contributed by atoms with Gasteiger partial charge in [0.05, 0.1) is 10.6 Å². The van der Waals surface area contributed by atoms with Gasteiger partial charge < -0.3 is 0 Å². The fourth-order valence-electron chi connectivity index (χ4n) is 2.25. The summed E-state index contributed by atoms with van der Waals surface area (Å²) in [6.45, 7) is 2.02. The molecule has 0 bridgehead atoms. The van der Waals surface area contributed by atoms with Crippen molar-refractivity contribution < 1.29 is 9.72 Å². The lowest BCUT2D eigenvalue weighted by molar-refractivity contribution is -0.384. The summed E-state index contributed by atoms with van der Waals surface area (Å²) in [7, 11) is 0. The number of thiazole rings is 1. The Hall–Kier alpha value is -3.32. The summed E-state index contributed by atoms with van der Waals surface area (Å²) in [4.78, 5) is 26.7. The molecule has 3 rings (SSSR count). The molecule has 1 N–H and O–H groups in total. The molecular weight excluding hydrogens is 350 g/mol. The van der Waals surface area contributed by atoms with Gasteiger partial charge in [0.25, 0.3) is 5.69 Å². The van der Waals surface area contributed by atoms with Gasteiger partial charge in [0.15, 0.2) is 5.13 Å². The molecular formula is C19H15N3O3S. The smallest absolute Gasteiger partial charge is 0.270 e. The molecule has 0 radical (unpaired) electrons. The number of rotatable bonds is 5. The second-order valence-corrected chi connectivity index (χ2v) is 6.44. The average Bonchev–Trinajstić information content (AvgIpc) is 3.09. The third-order valence-electron chi connectivity index (χ3n) is 3.59. The van der Waals surface area contributed by atoms with Gasteiger partial charge >= 0.3 is 0 Å². The van der Waals surface area contributed by atoms with Crippen LogP contribution in [0.3, 0.4) is 0 Å². The zero-order valence-corrected chi connectivity index (χ0v) is 14.7. The van der Waals surface area contributed by atoms with E-state index in [9.17, 15) is 14.9 Å². The summed E-state index contributed by atoms with van der Waals surface area (Å²) in [5.41, 5.74) is 3.51. The number of hydrogen-bond acceptors (Lipinski definition) is 5. The van der Waals surface area contributed by atoms with Crippen molar-refractivity contribution in [1.82, 2.24) is 4.98 Å². The predicted octanol–water partition coefficient (Wildman–Crippen LogP) is 4.68. The van der Waals surface area contributed by atoms with Gasteiger partial charge in [0, 0.05) is 29.2 Å². The fraction of sp³-hybridized carbons (Fsp3) is 0.0526. The first-order valence-electron chi connectivity index (χ1n) is 7.77. The molecule has 0 saturated heterocycles. The minimum atomic E-state index is -0.473. The summed E-state index contributed by atoms with van der Waals surface area (Å²) >= 11 is 1.34. The quantitative estimate of drug-likeness (QED) is 0.404. The Labute approximate surface area is 154 Å². The van der Waals surface area contributed by atoms with Crippen LogP contribution in [0.2, 0.25) is 0 Å². The van der Waals surface area contributed by atoms with Crippen LogP contribution in [0.15, 0.2) is 60.0 Å². The van der Waals surface area contributed by atoms with E-state index in [2.05, 4.69) is 10.3 Å². The first-order valence-corrected chi connectivity index (χ1v) is 8.65. The number of non-ortho nitro benzene ring substituents is 1. The zero-order chi connectivity index (χ0) is 18.5. The van der Waals surface area contributed by atoms with Crippen LogP contribution in [0, 0.1) is 17.0 Å². The second kappa shape index (κ2) is 7.71. The first kappa shape index (κ1) is 17.5. The highest BCUT2D eigenvalue weighted by molar-refractivity contribution is 7.14. The van der Waals surface area contributed by atoms with E-state index in [0.717, 1.165) is 11.3 Å². The van der Waals surface area contributed by atoms with Gasteiger partial charge in [-0.1, -0.05) is 42.0 Å². The molecule has 0 saturated carbocycles. The summed E-state index contributed by atoms with van der Waals surface area (Å²) in [5, 5.41) is 15.8. The molecule has 0 spiro atoms. The number of nitro benzene ring substituents is 1. The van der Waals surface area contributed by atoms with Gasteiger partial charge in [-0.25, -0.2) is 4.98 Å². The molecule has 7 heteroatoms. The Kier molecular flexibility index (Phi) is 5.19. The lowest BCUT2D eigenvalue weighted by Gasteiger charge is -1.98. The lowest BCUT2D eigenvalue weighted by Crippen LogP contribution is -2.07. The number of nitrogens with zero attached hydrogens (tertiary/aromatic N) is 2. The number of nitrogens with one attached hydrogen (secondary N) is 1. The van der Waals surface area contributed by atoms with Crippen molar-refractivity contribution in [2.75, 3.05) is 5.32 Å². The van der Waals surface area contributed by atoms with Crippen molar-refractivity contribution in [3.05, 3.63) is 81.2 Å². The molecule has 1 aromatic heterocycles. The molecule has 130 valence electrons. The molecule has 0 unspecified atom stereocenters. The van der Waals surface area contributed by atoms with Crippen molar-refractivity contribution in [2.24, 2.45) is 0 Å². The molecule has 0 atom stereocenters. The highest BCUT2D eigenvalue weighted by Crippen LogP contribution is 2.25. The van der Waals surface area contributed by atoms with Crippen LogP contribution in [0.1, 0.15) is 11.1 Å². The number of nitro groups is 1. The van der Waals surface area contributed by atoms with E-state index in [-0.39, 0.29) is 11.6 Å². The van der Waals surface area contributed by atoms with Gasteiger partial charge in [-0.15, -0.1) is 11.3 Å². The summed E-state index contributed by atoms with van der Waals surface area (Å²) in [5.74, 6) is -0.346. The highest BCUT2D eigenvalue weighted by atomic mass is 32.1. The molecule has 1 amide bonds. The van der Waals surface area contributed by atoms with Gasteiger partial charge in [-0.3, -0.25) is 20.2 Å². The third-order valence-corrected chi connectivity index (χ3v) is 4.35. The Morgan fingerprint density at radius 1 is 1.23 bits per heavy atom. The SMILES string of the molecule is Cc1ccc(-c2csc(NC(=O)/C=C/c3cccc([N+](=O)[O-])c3)n2)cc1. The van der Waals surface area contributed by atoms with Crippen molar-refractivity contribution in [1.29, 1.82) is 0 Å². The maximum atomic E-state index is 12.0. The normalized spacial score (nSPS) is 10.8. The number of hydrogen-bond donors (Lipinski definition) is 1. The molecule has 2 aromatic carbocycles. The number of aryl methyl sites for hydroxylation is 1. The molecule has 3 aromatic rings. The Morgan fingerprint density at radius 2 is 2.00 bits per heavy atom. The van der Waals surface area contributed by atoms with Gasteiger partial charge in [0.1, 0.15) is 0 Å². The minimum absolute atomic E-state index is 0.0183. The van der Waals surface area contributed by atoms with E-state index in [1.807, 2.05) is 36.6 Å². The van der Waals surface area contributed by atoms with Crippen LogP contribution in [0.5, 0.6) is 0 Å². The topological polar surface area (TPSA) is 85.1 Å². The van der Waals surface area contributed by atoms with Crippen LogP contribution in [-0.2, 0) is 4.79 Å². The summed E-state index contributed by atoms with van der Waals surface area (Å²) in [6.07, 6.45) is 2.85. The Balaban J connectivity index is 1.66. The van der Waals surface area contributed by atoms with E-state index in [1.165, 1.54) is 41.2 Å². The number of carbonyl (C=O) groups excluding carboxylic acids is 1. The Morgan fingerprint density at radius 3 is 2.73 bits per heavy atom. The third kappa shape index (κ3) is 4.40. The molecule has 0 aliphatic heterocycles. The second-order valence-electron chi connectivity index (χ2n) is 5.58. The number of aromatic nitrogens is 1. The fourth-order valence-corrected chi connectivity index (χ4v) is 2.97. The van der Waals surface area contributed by atoms with Crippen molar-refractivity contribution in [2.45, 2.75) is 6.92 Å². The molecule has 0 aliphatic carbocycles. The monoisotopic (exact) mass is 365 g/mol. The first-order chi connectivity index (χ1) is 12.5. The van der Waals surface area contributed by atoms with Gasteiger partial charge in [0.2, 0.25) is 5.91 Å². The summed E-state index contributed by atoms with van der Waals surface area (Å²) < 4.78 is 0. The van der Waals surface area contributed by atoms with E-state index in [4.69, 9.17) is 0 Å². The minimum Gasteiger partial charge on any atom is -0.298 e. The van der Waals surface area contributed by atoms with Crippen molar-refractivity contribution in [3.8, 4) is 11.3 Å².